The maximum Gasteiger partial charge on any atom is 0.237 e. The number of carbonyl (C=O) groups excluding carboxylic acids is 1. The van der Waals surface area contributed by atoms with Gasteiger partial charge >= 0.3 is 0 Å². The van der Waals surface area contributed by atoms with Crippen molar-refractivity contribution in [2.75, 3.05) is 24.6 Å². The Morgan fingerprint density at radius 1 is 1.50 bits per heavy atom. The third kappa shape index (κ3) is 6.58. The summed E-state index contributed by atoms with van der Waals surface area (Å²) in [7, 11) is -2.97. The number of hydrogen-bond acceptors (Lipinski definition) is 4. The van der Waals surface area contributed by atoms with Gasteiger partial charge in [-0.05, 0) is 6.92 Å². The van der Waals surface area contributed by atoms with Gasteiger partial charge in [-0.15, -0.1) is 6.58 Å². The van der Waals surface area contributed by atoms with Crippen LogP contribution in [0.1, 0.15) is 13.8 Å². The Kier molecular flexibility index (Phi) is 7.00. The van der Waals surface area contributed by atoms with E-state index in [2.05, 4.69) is 17.2 Å². The number of hydrogen-bond donors (Lipinski definition) is 2. The average Bonchev–Trinajstić information content (AvgIpc) is 2.25. The maximum atomic E-state index is 11.4. The lowest BCUT2D eigenvalue weighted by atomic mass is 10.3. The molecule has 6 heteroatoms. The van der Waals surface area contributed by atoms with Crippen molar-refractivity contribution in [1.29, 1.82) is 0 Å². The largest absolute Gasteiger partial charge is 0.351 e. The molecule has 0 rings (SSSR count). The van der Waals surface area contributed by atoms with Crippen LogP contribution in [-0.4, -0.2) is 45.0 Å². The van der Waals surface area contributed by atoms with Gasteiger partial charge in [0.2, 0.25) is 5.91 Å². The molecule has 0 aromatic heterocycles. The fraction of sp³-hybridized carbons (Fsp3) is 0.700. The van der Waals surface area contributed by atoms with Crippen molar-refractivity contribution in [2.45, 2.75) is 19.9 Å². The van der Waals surface area contributed by atoms with E-state index in [0.29, 0.717) is 13.1 Å². The number of rotatable bonds is 8. The van der Waals surface area contributed by atoms with Gasteiger partial charge in [0.25, 0.3) is 0 Å². The first-order chi connectivity index (χ1) is 7.43. The summed E-state index contributed by atoms with van der Waals surface area (Å²) in [5, 5.41) is 5.48. The lowest BCUT2D eigenvalue weighted by Gasteiger charge is -2.12. The van der Waals surface area contributed by atoms with E-state index in [0.717, 1.165) is 0 Å². The Morgan fingerprint density at radius 3 is 2.62 bits per heavy atom. The zero-order valence-corrected chi connectivity index (χ0v) is 10.6. The van der Waals surface area contributed by atoms with Crippen molar-refractivity contribution < 1.29 is 13.2 Å². The van der Waals surface area contributed by atoms with Gasteiger partial charge in [0.1, 0.15) is 0 Å². The Bertz CT molecular complexity index is 325. The van der Waals surface area contributed by atoms with Crippen molar-refractivity contribution in [3.63, 3.8) is 0 Å². The molecule has 1 amide bonds. The smallest absolute Gasteiger partial charge is 0.237 e. The van der Waals surface area contributed by atoms with Gasteiger partial charge in [0.05, 0.1) is 11.8 Å². The molecule has 0 saturated heterocycles. The molecule has 0 heterocycles. The highest BCUT2D eigenvalue weighted by molar-refractivity contribution is 7.91. The first-order valence-electron chi connectivity index (χ1n) is 5.25. The second-order valence-electron chi connectivity index (χ2n) is 3.45. The summed E-state index contributed by atoms with van der Waals surface area (Å²) >= 11 is 0. The standard InChI is InChI=1S/C10H20N2O3S/c1-4-6-12-10(13)9(3)11-7-8-16(14,15)5-2/h4,9,11H,1,5-8H2,2-3H3,(H,12,13). The predicted molar refractivity (Wildman–Crippen MR) is 65.0 cm³/mol. The number of carbonyl (C=O) groups is 1. The zero-order chi connectivity index (χ0) is 12.6. The normalized spacial score (nSPS) is 13.1. The van der Waals surface area contributed by atoms with Crippen molar-refractivity contribution in [1.82, 2.24) is 10.6 Å². The van der Waals surface area contributed by atoms with E-state index < -0.39 is 15.9 Å². The molecule has 16 heavy (non-hydrogen) atoms. The van der Waals surface area contributed by atoms with E-state index in [-0.39, 0.29) is 17.4 Å². The Morgan fingerprint density at radius 2 is 2.12 bits per heavy atom. The van der Waals surface area contributed by atoms with Crippen LogP contribution >= 0.6 is 0 Å². The maximum absolute atomic E-state index is 11.4. The number of sulfone groups is 1. The minimum Gasteiger partial charge on any atom is -0.351 e. The van der Waals surface area contributed by atoms with Gasteiger partial charge in [-0.3, -0.25) is 4.79 Å². The summed E-state index contributed by atoms with van der Waals surface area (Å²) in [6.07, 6.45) is 1.59. The highest BCUT2D eigenvalue weighted by Gasteiger charge is 2.12. The fourth-order valence-electron chi connectivity index (χ4n) is 0.994. The molecule has 5 nitrogen and oxygen atoms in total. The van der Waals surface area contributed by atoms with Crippen LogP contribution in [-0.2, 0) is 14.6 Å². The molecule has 0 fully saturated rings. The summed E-state index contributed by atoms with van der Waals surface area (Å²) in [5.41, 5.74) is 0. The van der Waals surface area contributed by atoms with Crippen LogP contribution in [0.25, 0.3) is 0 Å². The number of amides is 1. The zero-order valence-electron chi connectivity index (χ0n) is 9.82. The van der Waals surface area contributed by atoms with Crippen molar-refractivity contribution >= 4 is 15.7 Å². The summed E-state index contributed by atoms with van der Waals surface area (Å²) in [6.45, 7) is 7.49. The van der Waals surface area contributed by atoms with Gasteiger partial charge in [-0.25, -0.2) is 8.42 Å². The summed E-state index contributed by atoms with van der Waals surface area (Å²) < 4.78 is 22.3. The highest BCUT2D eigenvalue weighted by atomic mass is 32.2. The third-order valence-electron chi connectivity index (χ3n) is 2.12. The van der Waals surface area contributed by atoms with Crippen LogP contribution in [0.3, 0.4) is 0 Å². The minimum absolute atomic E-state index is 0.0581. The molecular formula is C10H20N2O3S. The van der Waals surface area contributed by atoms with Crippen LogP contribution in [0.5, 0.6) is 0 Å². The second kappa shape index (κ2) is 7.40. The molecular weight excluding hydrogens is 228 g/mol. The van der Waals surface area contributed by atoms with E-state index in [1.165, 1.54) is 0 Å². The molecule has 0 aliphatic rings. The van der Waals surface area contributed by atoms with Crippen molar-refractivity contribution in [2.24, 2.45) is 0 Å². The topological polar surface area (TPSA) is 75.3 Å². The van der Waals surface area contributed by atoms with E-state index in [1.807, 2.05) is 0 Å². The quantitative estimate of drug-likeness (QED) is 0.578. The van der Waals surface area contributed by atoms with E-state index >= 15 is 0 Å². The van der Waals surface area contributed by atoms with E-state index in [9.17, 15) is 13.2 Å². The first kappa shape index (κ1) is 15.1. The van der Waals surface area contributed by atoms with E-state index in [1.54, 1.807) is 19.9 Å². The van der Waals surface area contributed by atoms with Gasteiger partial charge < -0.3 is 10.6 Å². The fourth-order valence-corrected chi connectivity index (χ4v) is 1.71. The predicted octanol–water partition coefficient (Wildman–Crippen LogP) is -0.299. The molecule has 94 valence electrons. The second-order valence-corrected chi connectivity index (χ2v) is 5.92. The van der Waals surface area contributed by atoms with Crippen LogP contribution < -0.4 is 10.6 Å². The Hall–Kier alpha value is -0.880. The molecule has 0 aliphatic heterocycles. The van der Waals surface area contributed by atoms with Gasteiger partial charge in [0, 0.05) is 18.8 Å². The van der Waals surface area contributed by atoms with E-state index in [4.69, 9.17) is 0 Å². The van der Waals surface area contributed by atoms with Crippen LogP contribution in [0.2, 0.25) is 0 Å². The van der Waals surface area contributed by atoms with Crippen LogP contribution in [0, 0.1) is 0 Å². The van der Waals surface area contributed by atoms with Gasteiger partial charge in [0.15, 0.2) is 9.84 Å². The molecule has 0 bridgehead atoms. The summed E-state index contributed by atoms with van der Waals surface area (Å²) in [5.74, 6) is 0.0303. The summed E-state index contributed by atoms with van der Waals surface area (Å²) in [6, 6.07) is -0.396. The van der Waals surface area contributed by atoms with Crippen LogP contribution in [0.4, 0.5) is 0 Å². The third-order valence-corrected chi connectivity index (χ3v) is 3.82. The number of nitrogens with one attached hydrogen (secondary N) is 2. The average molecular weight is 248 g/mol. The lowest BCUT2D eigenvalue weighted by molar-refractivity contribution is -0.122. The minimum atomic E-state index is -2.97. The van der Waals surface area contributed by atoms with Gasteiger partial charge in [-0.1, -0.05) is 13.0 Å². The molecule has 0 radical (unpaired) electrons. The Balaban J connectivity index is 3.85. The van der Waals surface area contributed by atoms with Crippen molar-refractivity contribution in [3.8, 4) is 0 Å². The first-order valence-corrected chi connectivity index (χ1v) is 7.07. The van der Waals surface area contributed by atoms with Crippen LogP contribution in [0.15, 0.2) is 12.7 Å². The monoisotopic (exact) mass is 248 g/mol. The SMILES string of the molecule is C=CCNC(=O)C(C)NCCS(=O)(=O)CC. The molecule has 2 N–H and O–H groups in total. The lowest BCUT2D eigenvalue weighted by Crippen LogP contribution is -2.43. The molecule has 0 aromatic carbocycles. The molecule has 0 aromatic rings. The molecule has 0 saturated carbocycles. The molecule has 1 unspecified atom stereocenters. The molecule has 0 spiro atoms. The summed E-state index contributed by atoms with van der Waals surface area (Å²) in [4.78, 5) is 11.4. The highest BCUT2D eigenvalue weighted by Crippen LogP contribution is 1.88. The van der Waals surface area contributed by atoms with Gasteiger partial charge in [-0.2, -0.15) is 0 Å². The molecule has 1 atom stereocenters. The molecule has 0 aliphatic carbocycles. The Labute approximate surface area is 97.2 Å². The van der Waals surface area contributed by atoms with Crippen molar-refractivity contribution in [3.05, 3.63) is 12.7 Å².